The van der Waals surface area contributed by atoms with E-state index in [1.807, 2.05) is 30.0 Å². The largest absolute Gasteiger partial charge is 0.294 e. The summed E-state index contributed by atoms with van der Waals surface area (Å²) in [4.78, 5) is 13.7. The van der Waals surface area contributed by atoms with Gasteiger partial charge in [-0.2, -0.15) is 0 Å². The zero-order valence-corrected chi connectivity index (χ0v) is 10.1. The van der Waals surface area contributed by atoms with Crippen molar-refractivity contribution in [1.82, 2.24) is 0 Å². The van der Waals surface area contributed by atoms with Crippen LogP contribution in [-0.4, -0.2) is 11.5 Å². The van der Waals surface area contributed by atoms with Gasteiger partial charge in [-0.1, -0.05) is 31.0 Å². The fourth-order valence-electron chi connectivity index (χ4n) is 2.94. The standard InChI is InChI=1S/C14H16OS/c15-14-11-6-2-1-5-10(11)9-16-13-8-4-3-7-12(13)14/h3-4,7-8,10-11H,1-2,5-6,9H2/t10-,11+/m1/s1. The molecule has 1 aliphatic carbocycles. The molecular formula is C14H16OS. The van der Waals surface area contributed by atoms with Gasteiger partial charge in [0.05, 0.1) is 0 Å². The average molecular weight is 232 g/mol. The van der Waals surface area contributed by atoms with E-state index in [1.165, 1.54) is 24.2 Å². The molecule has 3 rings (SSSR count). The Kier molecular flexibility index (Phi) is 2.76. The predicted octanol–water partition coefficient (Wildman–Crippen LogP) is 3.78. The minimum absolute atomic E-state index is 0.310. The highest BCUT2D eigenvalue weighted by Gasteiger charge is 2.34. The summed E-state index contributed by atoms with van der Waals surface area (Å²) < 4.78 is 0. The molecule has 1 aliphatic heterocycles. The molecule has 1 saturated carbocycles. The van der Waals surface area contributed by atoms with Gasteiger partial charge in [-0.15, -0.1) is 11.8 Å². The first-order chi connectivity index (χ1) is 7.86. The van der Waals surface area contributed by atoms with Crippen molar-refractivity contribution in [3.8, 4) is 0 Å². The Balaban J connectivity index is 1.99. The summed E-state index contributed by atoms with van der Waals surface area (Å²) in [7, 11) is 0. The maximum Gasteiger partial charge on any atom is 0.167 e. The third-order valence-electron chi connectivity index (χ3n) is 3.85. The van der Waals surface area contributed by atoms with E-state index in [-0.39, 0.29) is 0 Å². The molecule has 16 heavy (non-hydrogen) atoms. The van der Waals surface area contributed by atoms with Gasteiger partial charge >= 0.3 is 0 Å². The summed E-state index contributed by atoms with van der Waals surface area (Å²) >= 11 is 1.88. The molecule has 0 spiro atoms. The maximum absolute atomic E-state index is 12.5. The van der Waals surface area contributed by atoms with E-state index < -0.39 is 0 Å². The summed E-state index contributed by atoms with van der Waals surface area (Å²) in [5.41, 5.74) is 0.974. The van der Waals surface area contributed by atoms with Gasteiger partial charge in [0, 0.05) is 22.1 Å². The van der Waals surface area contributed by atoms with E-state index in [2.05, 4.69) is 6.07 Å². The summed E-state index contributed by atoms with van der Waals surface area (Å²) in [6, 6.07) is 8.12. The molecule has 0 amide bonds. The van der Waals surface area contributed by atoms with Crippen LogP contribution in [0.4, 0.5) is 0 Å². The summed E-state index contributed by atoms with van der Waals surface area (Å²) in [6.45, 7) is 0. The van der Waals surface area contributed by atoms with E-state index >= 15 is 0 Å². The number of fused-ring (bicyclic) bond motifs is 2. The van der Waals surface area contributed by atoms with E-state index in [0.29, 0.717) is 17.6 Å². The monoisotopic (exact) mass is 232 g/mol. The Morgan fingerprint density at radius 1 is 1.12 bits per heavy atom. The number of hydrogen-bond acceptors (Lipinski definition) is 2. The second-order valence-corrected chi connectivity index (χ2v) is 5.88. The molecule has 1 fully saturated rings. The number of carbonyl (C=O) groups is 1. The van der Waals surface area contributed by atoms with Crippen LogP contribution in [0.15, 0.2) is 29.2 Å². The zero-order valence-electron chi connectivity index (χ0n) is 9.32. The van der Waals surface area contributed by atoms with Gasteiger partial charge in [0.2, 0.25) is 0 Å². The lowest BCUT2D eigenvalue weighted by atomic mass is 9.76. The van der Waals surface area contributed by atoms with Gasteiger partial charge < -0.3 is 0 Å². The number of hydrogen-bond donors (Lipinski definition) is 0. The van der Waals surface area contributed by atoms with Gasteiger partial charge in [0.15, 0.2) is 5.78 Å². The first-order valence-electron chi connectivity index (χ1n) is 6.12. The lowest BCUT2D eigenvalue weighted by Gasteiger charge is -2.28. The van der Waals surface area contributed by atoms with Crippen molar-refractivity contribution < 1.29 is 4.79 Å². The van der Waals surface area contributed by atoms with Crippen LogP contribution in [0.1, 0.15) is 36.0 Å². The fourth-order valence-corrected chi connectivity index (χ4v) is 4.24. The molecule has 84 valence electrons. The van der Waals surface area contributed by atoms with Crippen molar-refractivity contribution >= 4 is 17.5 Å². The van der Waals surface area contributed by atoms with Crippen molar-refractivity contribution in [2.24, 2.45) is 11.8 Å². The number of ketones is 1. The third kappa shape index (κ3) is 1.69. The highest BCUT2D eigenvalue weighted by atomic mass is 32.2. The Labute approximate surface area is 101 Å². The number of thioether (sulfide) groups is 1. The third-order valence-corrected chi connectivity index (χ3v) is 5.11. The fraction of sp³-hybridized carbons (Fsp3) is 0.500. The van der Waals surface area contributed by atoms with E-state index in [4.69, 9.17) is 0 Å². The lowest BCUT2D eigenvalue weighted by molar-refractivity contribution is 0.0840. The first-order valence-corrected chi connectivity index (χ1v) is 7.11. The van der Waals surface area contributed by atoms with Crippen molar-refractivity contribution in [3.63, 3.8) is 0 Å². The van der Waals surface area contributed by atoms with Crippen LogP contribution >= 0.6 is 11.8 Å². The van der Waals surface area contributed by atoms with Crippen LogP contribution in [-0.2, 0) is 0 Å². The van der Waals surface area contributed by atoms with Crippen LogP contribution < -0.4 is 0 Å². The number of Topliss-reactive ketones (excluding diaryl/α,β-unsaturated/α-hetero) is 1. The second-order valence-electron chi connectivity index (χ2n) is 4.82. The van der Waals surface area contributed by atoms with Crippen molar-refractivity contribution in [3.05, 3.63) is 29.8 Å². The van der Waals surface area contributed by atoms with E-state index in [9.17, 15) is 4.79 Å². The highest BCUT2D eigenvalue weighted by Crippen LogP contribution is 2.41. The van der Waals surface area contributed by atoms with Crippen LogP contribution in [0.5, 0.6) is 0 Å². The molecule has 0 bridgehead atoms. The van der Waals surface area contributed by atoms with E-state index in [0.717, 1.165) is 17.7 Å². The molecule has 2 aliphatic rings. The average Bonchev–Trinajstić information content (AvgIpc) is 2.49. The molecule has 0 aromatic heterocycles. The van der Waals surface area contributed by atoms with Gasteiger partial charge in [-0.25, -0.2) is 0 Å². The molecule has 1 nitrogen and oxygen atoms in total. The molecule has 1 heterocycles. The van der Waals surface area contributed by atoms with Crippen LogP contribution in [0.25, 0.3) is 0 Å². The Bertz CT molecular complexity index is 413. The topological polar surface area (TPSA) is 17.1 Å². The summed E-state index contributed by atoms with van der Waals surface area (Å²) in [5, 5.41) is 0. The molecular weight excluding hydrogens is 216 g/mol. The van der Waals surface area contributed by atoms with Gasteiger partial charge in [0.1, 0.15) is 0 Å². The predicted molar refractivity (Wildman–Crippen MR) is 66.9 cm³/mol. The Morgan fingerprint density at radius 3 is 2.88 bits per heavy atom. The van der Waals surface area contributed by atoms with Crippen molar-refractivity contribution in [1.29, 1.82) is 0 Å². The van der Waals surface area contributed by atoms with Crippen molar-refractivity contribution in [2.45, 2.75) is 30.6 Å². The first kappa shape index (κ1) is 10.4. The number of carbonyl (C=O) groups excluding carboxylic acids is 1. The normalized spacial score (nSPS) is 29.1. The lowest BCUT2D eigenvalue weighted by Crippen LogP contribution is -2.27. The second kappa shape index (κ2) is 4.25. The molecule has 2 atom stereocenters. The summed E-state index contributed by atoms with van der Waals surface area (Å²) in [5.74, 6) is 2.47. The van der Waals surface area contributed by atoms with Gasteiger partial charge in [-0.3, -0.25) is 4.79 Å². The molecule has 0 saturated heterocycles. The van der Waals surface area contributed by atoms with Crippen molar-refractivity contribution in [2.75, 3.05) is 5.75 Å². The van der Waals surface area contributed by atoms with E-state index in [1.54, 1.807) is 0 Å². The smallest absolute Gasteiger partial charge is 0.167 e. The molecule has 2 heteroatoms. The molecule has 0 unspecified atom stereocenters. The minimum Gasteiger partial charge on any atom is -0.294 e. The van der Waals surface area contributed by atoms with Crippen LogP contribution in [0, 0.1) is 11.8 Å². The highest BCUT2D eigenvalue weighted by molar-refractivity contribution is 7.99. The summed E-state index contributed by atoms with van der Waals surface area (Å²) in [6.07, 6.45) is 4.90. The molecule has 1 aromatic carbocycles. The maximum atomic E-state index is 12.5. The number of rotatable bonds is 0. The number of benzene rings is 1. The van der Waals surface area contributed by atoms with Gasteiger partial charge in [-0.05, 0) is 24.8 Å². The van der Waals surface area contributed by atoms with Crippen LogP contribution in [0.3, 0.4) is 0 Å². The SMILES string of the molecule is O=C1c2ccccc2SC[C@H]2CCCC[C@H]12. The van der Waals surface area contributed by atoms with Crippen LogP contribution in [0.2, 0.25) is 0 Å². The Morgan fingerprint density at radius 2 is 1.94 bits per heavy atom. The Hall–Kier alpha value is -0.760. The molecule has 0 N–H and O–H groups in total. The quantitative estimate of drug-likeness (QED) is 0.677. The minimum atomic E-state index is 0.310. The molecule has 1 aromatic rings. The van der Waals surface area contributed by atoms with Gasteiger partial charge in [0.25, 0.3) is 0 Å². The zero-order chi connectivity index (χ0) is 11.0. The molecule has 0 radical (unpaired) electrons.